The van der Waals surface area contributed by atoms with Gasteiger partial charge in [-0.05, 0) is 52.5 Å². The van der Waals surface area contributed by atoms with Crippen molar-refractivity contribution < 1.29 is 38.4 Å². The fourth-order valence-electron chi connectivity index (χ4n) is 7.18. The van der Waals surface area contributed by atoms with Crippen LogP contribution in [0.4, 0.5) is 22.7 Å². The second kappa shape index (κ2) is 25.7. The highest BCUT2D eigenvalue weighted by molar-refractivity contribution is 6.34. The van der Waals surface area contributed by atoms with Gasteiger partial charge in [0, 0.05) is 99.0 Å². The van der Waals surface area contributed by atoms with Crippen LogP contribution in [0.3, 0.4) is 0 Å². The van der Waals surface area contributed by atoms with Crippen LogP contribution in [0.5, 0.6) is 0 Å². The third-order valence-corrected chi connectivity index (χ3v) is 10.8. The minimum Gasteiger partial charge on any atom is -0.325 e. The van der Waals surface area contributed by atoms with Crippen molar-refractivity contribution in [3.8, 4) is 0 Å². The van der Waals surface area contributed by atoms with E-state index in [-0.39, 0.29) is 147 Å². The number of nitrogens with zero attached hydrogens (tertiary/aromatic N) is 2. The lowest BCUT2D eigenvalue weighted by atomic mass is 9.82. The molecule has 0 heterocycles. The number of amides is 4. The van der Waals surface area contributed by atoms with E-state index in [1.165, 1.54) is 12.1 Å². The summed E-state index contributed by atoms with van der Waals surface area (Å²) in [6, 6.07) is 19.1. The highest BCUT2D eigenvalue weighted by atomic mass is 35.5. The Kier molecular flexibility index (Phi) is 20.5. The van der Waals surface area contributed by atoms with Crippen LogP contribution >= 0.6 is 23.2 Å². The molecule has 0 unspecified atom stereocenters. The molecule has 4 aromatic carbocycles. The molecule has 0 saturated carbocycles. The topological polar surface area (TPSA) is 215 Å². The van der Waals surface area contributed by atoms with Gasteiger partial charge in [-0.25, -0.2) is 0 Å². The Morgan fingerprint density at radius 2 is 0.687 bits per heavy atom. The van der Waals surface area contributed by atoms with Crippen LogP contribution in [0.2, 0.25) is 0 Å². The van der Waals surface area contributed by atoms with E-state index in [2.05, 4.69) is 31.9 Å². The molecule has 0 atom stereocenters. The third kappa shape index (κ3) is 13.9. The van der Waals surface area contributed by atoms with Crippen LogP contribution in [0.25, 0.3) is 0 Å². The number of hydrogen-bond donors (Lipinski definition) is 6. The maximum Gasteiger partial charge on any atom is 0.225 e. The molecule has 2 aliphatic carbocycles. The van der Waals surface area contributed by atoms with Gasteiger partial charge in [0.05, 0.1) is 45.0 Å². The van der Waals surface area contributed by atoms with E-state index >= 15 is 0 Å². The van der Waals surface area contributed by atoms with Crippen molar-refractivity contribution in [3.05, 3.63) is 117 Å². The van der Waals surface area contributed by atoms with E-state index in [0.29, 0.717) is 13.1 Å². The lowest BCUT2D eigenvalue weighted by Crippen LogP contribution is -2.30. The number of carbonyl (C=O) groups excluding carboxylic acids is 8. The number of rotatable bonds is 20. The first kappa shape index (κ1) is 53.5. The van der Waals surface area contributed by atoms with Gasteiger partial charge in [-0.2, -0.15) is 0 Å². The van der Waals surface area contributed by atoms with Crippen molar-refractivity contribution in [2.24, 2.45) is 0 Å². The van der Waals surface area contributed by atoms with E-state index in [4.69, 9.17) is 23.2 Å². The lowest BCUT2D eigenvalue weighted by molar-refractivity contribution is -0.116. The van der Waals surface area contributed by atoms with Gasteiger partial charge in [0.1, 0.15) is 0 Å². The summed E-state index contributed by atoms with van der Waals surface area (Å²) in [6.45, 7) is 4.21. The highest BCUT2D eigenvalue weighted by Crippen LogP contribution is 2.37. The van der Waals surface area contributed by atoms with Crippen molar-refractivity contribution in [3.63, 3.8) is 0 Å². The van der Waals surface area contributed by atoms with Gasteiger partial charge >= 0.3 is 0 Å². The zero-order valence-electron chi connectivity index (χ0n) is 37.3. The molecule has 0 bridgehead atoms. The molecule has 0 spiro atoms. The maximum atomic E-state index is 13.7. The van der Waals surface area contributed by atoms with E-state index in [1.807, 2.05) is 38.0 Å². The van der Waals surface area contributed by atoms with Crippen LogP contribution in [-0.2, 0) is 19.2 Å². The average molecular weight is 958 g/mol. The predicted molar refractivity (Wildman–Crippen MR) is 264 cm³/mol. The van der Waals surface area contributed by atoms with Gasteiger partial charge < -0.3 is 41.7 Å². The van der Waals surface area contributed by atoms with Gasteiger partial charge in [-0.15, -0.1) is 23.2 Å². The standard InChI is InChI=1S/C28H38N6O4.C20H16Cl2N2O4.CH4/c1-33(2)17-15-29-13-11-23(35)31-21-9-5-7-19-25(21)28(38)26-20(27(19)37)8-6-10-22(26)32-24(36)12-14-30-16-18-34(3)4;21-9-7-15(25)23-13-5-1-3-11-17(13)20(28)18-12(19(11)27)4-2-6-14(18)24-16(26)8-10-22;/h5-10,29-30H,11-18H2,1-4H3,(H,31,35)(H,32,36);1-6H,7-10H2,(H,23,25)(H,24,26);1H4. The van der Waals surface area contributed by atoms with E-state index in [9.17, 15) is 38.4 Å². The molecule has 6 N–H and O–H groups in total. The zero-order chi connectivity index (χ0) is 47.9. The van der Waals surface area contributed by atoms with Gasteiger partial charge in [0.2, 0.25) is 23.6 Å². The molecule has 4 amide bonds. The molecule has 356 valence electrons. The van der Waals surface area contributed by atoms with Crippen LogP contribution in [0.1, 0.15) is 96.8 Å². The highest BCUT2D eigenvalue weighted by Gasteiger charge is 2.36. The summed E-state index contributed by atoms with van der Waals surface area (Å²) in [6.07, 6.45) is 0.590. The second-order valence-electron chi connectivity index (χ2n) is 15.9. The first-order valence-corrected chi connectivity index (χ1v) is 22.5. The molecule has 6 rings (SSSR count). The largest absolute Gasteiger partial charge is 0.325 e. The van der Waals surface area contributed by atoms with Crippen LogP contribution in [0, 0.1) is 0 Å². The molecule has 0 radical (unpaired) electrons. The maximum absolute atomic E-state index is 13.7. The number of nitrogens with one attached hydrogen (secondary N) is 6. The molecule has 0 saturated heterocycles. The summed E-state index contributed by atoms with van der Waals surface area (Å²) in [5.74, 6) is -2.51. The SMILES string of the molecule is C.CN(C)CCNCCC(=O)Nc1cccc2c1C(=O)c1c(NC(=O)CCNCCN(C)C)cccc1C2=O.O=C(CCCl)Nc1cccc2c1C(=O)c1c(NC(=O)CCCl)cccc1C2=O. The Morgan fingerprint density at radius 1 is 0.418 bits per heavy atom. The first-order valence-electron chi connectivity index (χ1n) is 21.4. The van der Waals surface area contributed by atoms with E-state index < -0.39 is 11.6 Å². The summed E-state index contributed by atoms with van der Waals surface area (Å²) < 4.78 is 0. The van der Waals surface area contributed by atoms with Crippen molar-refractivity contribution in [1.82, 2.24) is 20.4 Å². The molecule has 4 aromatic rings. The Balaban J connectivity index is 0.000000301. The second-order valence-corrected chi connectivity index (χ2v) is 16.7. The fraction of sp³-hybridized carbons (Fsp3) is 0.347. The molecule has 18 heteroatoms. The Hall–Kier alpha value is -6.14. The van der Waals surface area contributed by atoms with Crippen LogP contribution in [0.15, 0.2) is 72.8 Å². The normalized spacial score (nSPS) is 12.2. The minimum absolute atomic E-state index is 0. The number of anilines is 4. The quantitative estimate of drug-likeness (QED) is 0.0405. The van der Waals surface area contributed by atoms with Crippen LogP contribution < -0.4 is 31.9 Å². The van der Waals surface area contributed by atoms with Gasteiger partial charge in [-0.3, -0.25) is 38.4 Å². The summed E-state index contributed by atoms with van der Waals surface area (Å²) in [7, 11) is 7.91. The average Bonchev–Trinajstić information content (AvgIpc) is 3.27. The molecule has 0 fully saturated rings. The van der Waals surface area contributed by atoms with Crippen molar-refractivity contribution in [1.29, 1.82) is 0 Å². The number of hydrogen-bond acceptors (Lipinski definition) is 12. The van der Waals surface area contributed by atoms with Crippen molar-refractivity contribution in [2.75, 3.05) is 100 Å². The summed E-state index contributed by atoms with van der Waals surface area (Å²) in [4.78, 5) is 106. The Morgan fingerprint density at radius 3 is 0.940 bits per heavy atom. The smallest absolute Gasteiger partial charge is 0.225 e. The zero-order valence-corrected chi connectivity index (χ0v) is 38.8. The van der Waals surface area contributed by atoms with E-state index in [1.54, 1.807) is 60.7 Å². The molecular formula is C49H58Cl2N8O8. The number of fused-ring (bicyclic) bond motifs is 4. The monoisotopic (exact) mass is 956 g/mol. The molecular weight excluding hydrogens is 899 g/mol. The molecule has 2 aliphatic rings. The third-order valence-electron chi connectivity index (χ3n) is 10.4. The number of likely N-dealkylation sites (N-methyl/N-ethyl adjacent to an activating group) is 2. The van der Waals surface area contributed by atoms with Gasteiger partial charge in [-0.1, -0.05) is 56.0 Å². The van der Waals surface area contributed by atoms with E-state index in [0.717, 1.165) is 26.2 Å². The van der Waals surface area contributed by atoms with Crippen molar-refractivity contribution >= 4 is 92.7 Å². The number of ketones is 4. The summed E-state index contributed by atoms with van der Waals surface area (Å²) in [5.41, 5.74) is 2.40. The van der Waals surface area contributed by atoms with Crippen LogP contribution in [-0.4, -0.2) is 136 Å². The number of halogens is 2. The molecule has 0 aliphatic heterocycles. The number of alkyl halides is 2. The summed E-state index contributed by atoms with van der Waals surface area (Å²) in [5, 5.41) is 17.3. The molecule has 0 aromatic heterocycles. The predicted octanol–water partition coefficient (Wildman–Crippen LogP) is 5.65. The summed E-state index contributed by atoms with van der Waals surface area (Å²) >= 11 is 11.2. The van der Waals surface area contributed by atoms with Gasteiger partial charge in [0.25, 0.3) is 0 Å². The van der Waals surface area contributed by atoms with Crippen molar-refractivity contribution in [2.45, 2.75) is 33.1 Å². The molecule has 67 heavy (non-hydrogen) atoms. The molecule has 16 nitrogen and oxygen atoms in total. The first-order chi connectivity index (χ1) is 31.7. The number of carbonyl (C=O) groups is 8. The van der Waals surface area contributed by atoms with Gasteiger partial charge in [0.15, 0.2) is 23.1 Å². The Bertz CT molecular complexity index is 2350. The lowest BCUT2D eigenvalue weighted by Gasteiger charge is -2.22. The minimum atomic E-state index is -0.451. The Labute approximate surface area is 400 Å². The fourth-order valence-corrected chi connectivity index (χ4v) is 7.53. The number of benzene rings is 4.